The van der Waals surface area contributed by atoms with Crippen LogP contribution in [0.3, 0.4) is 0 Å². The molecular weight excluding hydrogens is 284 g/mol. The molecule has 1 N–H and O–H groups in total. The number of rotatable bonds is 0. The van der Waals surface area contributed by atoms with E-state index in [1.807, 2.05) is 24.3 Å². The van der Waals surface area contributed by atoms with Crippen molar-refractivity contribution in [2.75, 3.05) is 19.0 Å². The van der Waals surface area contributed by atoms with Crippen molar-refractivity contribution in [3.8, 4) is 0 Å². The van der Waals surface area contributed by atoms with Gasteiger partial charge in [0.15, 0.2) is 5.78 Å². The molecule has 6 heteroatoms. The molecule has 1 spiro atoms. The van der Waals surface area contributed by atoms with E-state index in [1.165, 1.54) is 12.0 Å². The zero-order valence-electron chi connectivity index (χ0n) is 12.2. The van der Waals surface area contributed by atoms with Crippen LogP contribution in [0.25, 0.3) is 0 Å². The lowest BCUT2D eigenvalue weighted by Gasteiger charge is -2.40. The molecule has 1 aromatic rings. The van der Waals surface area contributed by atoms with E-state index in [0.29, 0.717) is 13.0 Å². The van der Waals surface area contributed by atoms with Crippen LogP contribution < -0.4 is 5.32 Å². The molecule has 1 aliphatic carbocycles. The smallest absolute Gasteiger partial charge is 0.410 e. The summed E-state index contributed by atoms with van der Waals surface area (Å²) in [7, 11) is 1.31. The Hall–Kier alpha value is -2.37. The first-order chi connectivity index (χ1) is 10.6. The van der Waals surface area contributed by atoms with E-state index in [1.54, 1.807) is 0 Å². The summed E-state index contributed by atoms with van der Waals surface area (Å²) in [5.74, 6) is -0.587. The molecule has 0 unspecified atom stereocenters. The lowest BCUT2D eigenvalue weighted by atomic mass is 9.67. The Morgan fingerprint density at radius 1 is 1.36 bits per heavy atom. The number of carbonyl (C=O) groups excluding carboxylic acids is 3. The second-order valence-electron chi connectivity index (χ2n) is 6.11. The lowest BCUT2D eigenvalue weighted by Crippen LogP contribution is -2.51. The number of anilines is 1. The zero-order chi connectivity index (χ0) is 15.5. The topological polar surface area (TPSA) is 75.7 Å². The second kappa shape index (κ2) is 4.32. The number of para-hydroxylation sites is 1. The number of Topliss-reactive ketones (excluding diaryl/α,β-unsaturated/α-hetero) is 1. The maximum absolute atomic E-state index is 12.6. The minimum Gasteiger partial charge on any atom is -0.453 e. The first kappa shape index (κ1) is 13.3. The maximum atomic E-state index is 12.6. The molecular formula is C16H16N2O4. The molecule has 6 nitrogen and oxygen atoms in total. The van der Waals surface area contributed by atoms with Gasteiger partial charge in [-0.1, -0.05) is 18.2 Å². The number of nitrogens with zero attached hydrogens (tertiary/aromatic N) is 1. The van der Waals surface area contributed by atoms with Crippen LogP contribution in [0.1, 0.15) is 18.4 Å². The van der Waals surface area contributed by atoms with Crippen molar-refractivity contribution in [2.45, 2.75) is 24.3 Å². The Balaban J connectivity index is 1.91. The fourth-order valence-electron chi connectivity index (χ4n) is 4.50. The highest BCUT2D eigenvalue weighted by atomic mass is 16.5. The van der Waals surface area contributed by atoms with E-state index in [0.717, 1.165) is 11.3 Å². The van der Waals surface area contributed by atoms with Gasteiger partial charge in [0.1, 0.15) is 6.04 Å². The Morgan fingerprint density at radius 3 is 2.91 bits per heavy atom. The van der Waals surface area contributed by atoms with Crippen molar-refractivity contribution in [2.24, 2.45) is 5.92 Å². The molecule has 2 amide bonds. The van der Waals surface area contributed by atoms with Crippen molar-refractivity contribution in [1.82, 2.24) is 4.90 Å². The first-order valence-corrected chi connectivity index (χ1v) is 7.37. The number of ketones is 1. The van der Waals surface area contributed by atoms with Crippen LogP contribution in [-0.4, -0.2) is 42.4 Å². The van der Waals surface area contributed by atoms with Crippen LogP contribution in [0, 0.1) is 5.92 Å². The molecule has 114 valence electrons. The van der Waals surface area contributed by atoms with E-state index >= 15 is 0 Å². The first-order valence-electron chi connectivity index (χ1n) is 7.37. The van der Waals surface area contributed by atoms with Crippen LogP contribution >= 0.6 is 0 Å². The van der Waals surface area contributed by atoms with Gasteiger partial charge in [-0.3, -0.25) is 14.5 Å². The number of fused-ring (bicyclic) bond motifs is 1. The molecule has 0 aromatic heterocycles. The Morgan fingerprint density at radius 2 is 2.14 bits per heavy atom. The van der Waals surface area contributed by atoms with Crippen molar-refractivity contribution in [1.29, 1.82) is 0 Å². The average Bonchev–Trinajstić information content (AvgIpc) is 3.04. The van der Waals surface area contributed by atoms with Crippen LogP contribution in [0.4, 0.5) is 10.5 Å². The highest BCUT2D eigenvalue weighted by Gasteiger charge is 2.66. The van der Waals surface area contributed by atoms with E-state index in [2.05, 4.69) is 5.32 Å². The SMILES string of the molecule is COC(=O)N1CC[C@]23c4ccccc4NC(=O)[C@H]2CC(=O)[C@H]13. The summed E-state index contributed by atoms with van der Waals surface area (Å²) in [5.41, 5.74) is 1.10. The van der Waals surface area contributed by atoms with E-state index in [4.69, 9.17) is 4.74 Å². The Bertz CT molecular complexity index is 701. The van der Waals surface area contributed by atoms with Gasteiger partial charge in [0.05, 0.1) is 13.0 Å². The van der Waals surface area contributed by atoms with Gasteiger partial charge >= 0.3 is 6.09 Å². The number of carbonyl (C=O) groups is 3. The average molecular weight is 300 g/mol. The Kier molecular flexibility index (Phi) is 2.61. The maximum Gasteiger partial charge on any atom is 0.410 e. The van der Waals surface area contributed by atoms with Gasteiger partial charge in [0, 0.05) is 24.1 Å². The zero-order valence-corrected chi connectivity index (χ0v) is 12.2. The number of likely N-dealkylation sites (tertiary alicyclic amines) is 1. The fraction of sp³-hybridized carbons (Fsp3) is 0.438. The fourth-order valence-corrected chi connectivity index (χ4v) is 4.50. The molecule has 2 fully saturated rings. The van der Waals surface area contributed by atoms with E-state index in [-0.39, 0.29) is 18.1 Å². The molecule has 0 bridgehead atoms. The van der Waals surface area contributed by atoms with Gasteiger partial charge in [0.25, 0.3) is 0 Å². The second-order valence-corrected chi connectivity index (χ2v) is 6.11. The van der Waals surface area contributed by atoms with E-state index in [9.17, 15) is 14.4 Å². The van der Waals surface area contributed by atoms with Crippen LogP contribution in [0.15, 0.2) is 24.3 Å². The summed E-state index contributed by atoms with van der Waals surface area (Å²) < 4.78 is 4.82. The lowest BCUT2D eigenvalue weighted by molar-refractivity contribution is -0.124. The van der Waals surface area contributed by atoms with Crippen LogP contribution in [0.5, 0.6) is 0 Å². The van der Waals surface area contributed by atoms with Gasteiger partial charge in [-0.05, 0) is 18.1 Å². The third-order valence-corrected chi connectivity index (χ3v) is 5.31. The normalized spacial score (nSPS) is 32.1. The molecule has 3 atom stereocenters. The molecule has 4 rings (SSSR count). The molecule has 2 heterocycles. The van der Waals surface area contributed by atoms with Gasteiger partial charge in [-0.2, -0.15) is 0 Å². The number of nitrogens with one attached hydrogen (secondary N) is 1. The molecule has 1 saturated heterocycles. The molecule has 3 aliphatic rings. The molecule has 2 aliphatic heterocycles. The third kappa shape index (κ3) is 1.42. The summed E-state index contributed by atoms with van der Waals surface area (Å²) in [6.45, 7) is 0.432. The predicted octanol–water partition coefficient (Wildman–Crippen LogP) is 1.31. The quantitative estimate of drug-likeness (QED) is 0.783. The number of benzene rings is 1. The summed E-state index contributed by atoms with van der Waals surface area (Å²) >= 11 is 0. The minimum absolute atomic E-state index is 0.0558. The standard InChI is InChI=1S/C16H16N2O4/c1-22-15(21)18-7-6-16-9-4-2-3-5-11(9)17-14(20)10(16)8-12(19)13(16)18/h2-5,10,13H,6-8H2,1H3,(H,17,20)/t10-,13+,16+/m1/s1. The van der Waals surface area contributed by atoms with Gasteiger partial charge < -0.3 is 10.1 Å². The van der Waals surface area contributed by atoms with Gasteiger partial charge in [-0.25, -0.2) is 4.79 Å². The van der Waals surface area contributed by atoms with Crippen molar-refractivity contribution in [3.05, 3.63) is 29.8 Å². The van der Waals surface area contributed by atoms with Crippen LogP contribution in [0.2, 0.25) is 0 Å². The molecule has 0 radical (unpaired) electrons. The monoisotopic (exact) mass is 300 g/mol. The largest absolute Gasteiger partial charge is 0.453 e. The molecule has 1 saturated carbocycles. The highest BCUT2D eigenvalue weighted by Crippen LogP contribution is 2.56. The summed E-state index contributed by atoms with van der Waals surface area (Å²) in [6, 6.07) is 6.96. The number of hydrogen-bond acceptors (Lipinski definition) is 4. The van der Waals surface area contributed by atoms with Crippen LogP contribution in [-0.2, 0) is 19.7 Å². The van der Waals surface area contributed by atoms with Crippen molar-refractivity contribution in [3.63, 3.8) is 0 Å². The van der Waals surface area contributed by atoms with Gasteiger partial charge in [0.2, 0.25) is 5.91 Å². The third-order valence-electron chi connectivity index (χ3n) is 5.31. The Labute approximate surface area is 127 Å². The molecule has 1 aromatic carbocycles. The van der Waals surface area contributed by atoms with Crippen molar-refractivity contribution >= 4 is 23.5 Å². The van der Waals surface area contributed by atoms with Gasteiger partial charge in [-0.15, -0.1) is 0 Å². The van der Waals surface area contributed by atoms with Crippen molar-refractivity contribution < 1.29 is 19.1 Å². The number of ether oxygens (including phenoxy) is 1. The number of hydrogen-bond donors (Lipinski definition) is 1. The number of amides is 2. The van der Waals surface area contributed by atoms with E-state index < -0.39 is 23.5 Å². The summed E-state index contributed by atoms with van der Waals surface area (Å²) in [6.07, 6.45) is 0.283. The summed E-state index contributed by atoms with van der Waals surface area (Å²) in [5, 5.41) is 2.89. The molecule has 22 heavy (non-hydrogen) atoms. The predicted molar refractivity (Wildman–Crippen MR) is 77.4 cm³/mol. The minimum atomic E-state index is -0.607. The highest BCUT2D eigenvalue weighted by molar-refractivity contribution is 6.06. The summed E-state index contributed by atoms with van der Waals surface area (Å²) in [4.78, 5) is 38.5. The number of methoxy groups -OCH3 is 1.